The molecule has 1 aromatic rings. The summed E-state index contributed by atoms with van der Waals surface area (Å²) in [5.74, 6) is 4.95. The number of rotatable bonds is 4. The maximum absolute atomic E-state index is 5.36. The van der Waals surface area contributed by atoms with Gasteiger partial charge >= 0.3 is 0 Å². The second kappa shape index (κ2) is 5.31. The van der Waals surface area contributed by atoms with Gasteiger partial charge < -0.3 is 10.1 Å². The van der Waals surface area contributed by atoms with Gasteiger partial charge in [-0.05, 0) is 80.4 Å². The Kier molecular flexibility index (Phi) is 3.45. The van der Waals surface area contributed by atoms with E-state index in [1.807, 2.05) is 6.07 Å². The van der Waals surface area contributed by atoms with Gasteiger partial charge in [0, 0.05) is 12.1 Å². The number of methoxy groups -OCH3 is 1. The van der Waals surface area contributed by atoms with Crippen LogP contribution in [-0.2, 0) is 0 Å². The highest BCUT2D eigenvalue weighted by atomic mass is 16.5. The molecule has 0 heterocycles. The molecule has 4 bridgehead atoms. The fourth-order valence-corrected chi connectivity index (χ4v) is 5.49. The lowest BCUT2D eigenvalue weighted by molar-refractivity contribution is -0.0171. The molecule has 0 aliphatic heterocycles. The summed E-state index contributed by atoms with van der Waals surface area (Å²) in [7, 11) is 1.75. The van der Waals surface area contributed by atoms with Gasteiger partial charge in [0.15, 0.2) is 0 Å². The van der Waals surface area contributed by atoms with Gasteiger partial charge in [-0.2, -0.15) is 0 Å². The fourth-order valence-electron chi connectivity index (χ4n) is 5.49. The normalized spacial score (nSPS) is 38.5. The first-order chi connectivity index (χ1) is 10.2. The molecule has 4 aliphatic carbocycles. The van der Waals surface area contributed by atoms with Crippen LogP contribution in [0.15, 0.2) is 24.3 Å². The van der Waals surface area contributed by atoms with Crippen molar-refractivity contribution in [3.05, 3.63) is 29.8 Å². The summed E-state index contributed by atoms with van der Waals surface area (Å²) >= 11 is 0. The van der Waals surface area contributed by atoms with Crippen LogP contribution >= 0.6 is 0 Å². The second-order valence-corrected chi connectivity index (χ2v) is 7.62. The highest BCUT2D eigenvalue weighted by Crippen LogP contribution is 2.54. The number of benzene rings is 1. The lowest BCUT2D eigenvalue weighted by Gasteiger charge is -2.55. The molecule has 1 aromatic carbocycles. The molecular formula is C19H27NO. The molecule has 0 aromatic heterocycles. The van der Waals surface area contributed by atoms with Crippen LogP contribution in [-0.4, -0.2) is 13.2 Å². The van der Waals surface area contributed by atoms with Crippen LogP contribution in [0.3, 0.4) is 0 Å². The van der Waals surface area contributed by atoms with Gasteiger partial charge in [-0.25, -0.2) is 0 Å². The highest BCUT2D eigenvalue weighted by molar-refractivity contribution is 5.30. The predicted octanol–water partition coefficient (Wildman–Crippen LogP) is 4.17. The minimum atomic E-state index is 0.419. The lowest BCUT2D eigenvalue weighted by atomic mass is 9.54. The van der Waals surface area contributed by atoms with E-state index in [9.17, 15) is 0 Å². The number of hydrogen-bond donors (Lipinski definition) is 1. The molecule has 4 fully saturated rings. The summed E-state index contributed by atoms with van der Waals surface area (Å²) in [5.41, 5.74) is 1.35. The zero-order valence-corrected chi connectivity index (χ0v) is 13.2. The van der Waals surface area contributed by atoms with E-state index < -0.39 is 0 Å². The molecule has 4 saturated carbocycles. The van der Waals surface area contributed by atoms with Crippen molar-refractivity contribution < 1.29 is 4.74 Å². The van der Waals surface area contributed by atoms with Crippen LogP contribution in [0.4, 0.5) is 0 Å². The minimum Gasteiger partial charge on any atom is -0.497 e. The summed E-state index contributed by atoms with van der Waals surface area (Å²) < 4.78 is 5.36. The van der Waals surface area contributed by atoms with E-state index in [2.05, 4.69) is 30.4 Å². The highest BCUT2D eigenvalue weighted by Gasteiger charge is 2.48. The van der Waals surface area contributed by atoms with Crippen LogP contribution in [0, 0.1) is 23.7 Å². The van der Waals surface area contributed by atoms with Crippen molar-refractivity contribution in [3.63, 3.8) is 0 Å². The second-order valence-electron chi connectivity index (χ2n) is 7.62. The molecule has 0 unspecified atom stereocenters. The Bertz CT molecular complexity index is 484. The van der Waals surface area contributed by atoms with Gasteiger partial charge in [-0.15, -0.1) is 0 Å². The molecule has 2 nitrogen and oxygen atoms in total. The summed E-state index contributed by atoms with van der Waals surface area (Å²) in [4.78, 5) is 0. The maximum atomic E-state index is 5.36. The fraction of sp³-hybridized carbons (Fsp3) is 0.684. The molecule has 2 heteroatoms. The molecule has 0 spiro atoms. The van der Waals surface area contributed by atoms with Crippen LogP contribution in [0.25, 0.3) is 0 Å². The van der Waals surface area contributed by atoms with Gasteiger partial charge in [-0.1, -0.05) is 12.1 Å². The van der Waals surface area contributed by atoms with Crippen LogP contribution < -0.4 is 10.1 Å². The average molecular weight is 285 g/mol. The first kappa shape index (κ1) is 13.6. The zero-order chi connectivity index (χ0) is 14.4. The standard InChI is InChI=1S/C19H27NO/c1-12(15-4-3-5-18(11-15)21-2)20-19-16-7-13-6-14(9-16)10-17(19)8-13/h3-5,11-14,16-17,19-20H,6-10H2,1-2H3/t12-,13?,14?,16?,17?,19?/m1/s1. The molecule has 0 radical (unpaired) electrons. The maximum Gasteiger partial charge on any atom is 0.119 e. The Morgan fingerprint density at radius 3 is 2.33 bits per heavy atom. The van der Waals surface area contributed by atoms with Crippen molar-refractivity contribution in [1.82, 2.24) is 5.32 Å². The number of nitrogens with one attached hydrogen (secondary N) is 1. The zero-order valence-electron chi connectivity index (χ0n) is 13.2. The van der Waals surface area contributed by atoms with E-state index in [1.165, 1.54) is 37.7 Å². The van der Waals surface area contributed by atoms with E-state index in [0.29, 0.717) is 6.04 Å². The summed E-state index contributed by atoms with van der Waals surface area (Å²) in [5, 5.41) is 3.97. The Morgan fingerprint density at radius 2 is 1.71 bits per heavy atom. The number of ether oxygens (including phenoxy) is 1. The van der Waals surface area contributed by atoms with Crippen molar-refractivity contribution in [1.29, 1.82) is 0 Å². The molecular weight excluding hydrogens is 258 g/mol. The SMILES string of the molecule is COc1cccc([C@@H](C)NC2C3CC4CC(C3)CC2C4)c1. The Labute approximate surface area is 128 Å². The van der Waals surface area contributed by atoms with Crippen molar-refractivity contribution in [2.45, 2.75) is 51.1 Å². The van der Waals surface area contributed by atoms with Gasteiger partial charge in [-0.3, -0.25) is 0 Å². The van der Waals surface area contributed by atoms with Crippen molar-refractivity contribution in [2.24, 2.45) is 23.7 Å². The third-order valence-electron chi connectivity index (χ3n) is 6.26. The van der Waals surface area contributed by atoms with E-state index in [0.717, 1.165) is 35.5 Å². The first-order valence-corrected chi connectivity index (χ1v) is 8.63. The minimum absolute atomic E-state index is 0.419. The smallest absolute Gasteiger partial charge is 0.119 e. The van der Waals surface area contributed by atoms with Crippen LogP contribution in [0.5, 0.6) is 5.75 Å². The summed E-state index contributed by atoms with van der Waals surface area (Å²) in [6, 6.07) is 9.69. The van der Waals surface area contributed by atoms with Gasteiger partial charge in [0.1, 0.15) is 5.75 Å². The first-order valence-electron chi connectivity index (χ1n) is 8.63. The molecule has 0 saturated heterocycles. The van der Waals surface area contributed by atoms with Crippen molar-refractivity contribution >= 4 is 0 Å². The van der Waals surface area contributed by atoms with Gasteiger partial charge in [0.2, 0.25) is 0 Å². The van der Waals surface area contributed by atoms with Crippen molar-refractivity contribution in [2.75, 3.05) is 7.11 Å². The molecule has 1 atom stereocenters. The monoisotopic (exact) mass is 285 g/mol. The molecule has 0 amide bonds. The molecule has 4 aliphatic rings. The lowest BCUT2D eigenvalue weighted by Crippen LogP contribution is -2.54. The Hall–Kier alpha value is -1.02. The quantitative estimate of drug-likeness (QED) is 0.896. The van der Waals surface area contributed by atoms with Gasteiger partial charge in [0.25, 0.3) is 0 Å². The van der Waals surface area contributed by atoms with E-state index >= 15 is 0 Å². The summed E-state index contributed by atoms with van der Waals surface area (Å²) in [6.45, 7) is 2.31. The van der Waals surface area contributed by atoms with Crippen LogP contribution in [0.2, 0.25) is 0 Å². The molecule has 5 rings (SSSR count). The van der Waals surface area contributed by atoms with Gasteiger partial charge in [0.05, 0.1) is 7.11 Å². The predicted molar refractivity (Wildman–Crippen MR) is 85.4 cm³/mol. The van der Waals surface area contributed by atoms with E-state index in [4.69, 9.17) is 4.74 Å². The topological polar surface area (TPSA) is 21.3 Å². The van der Waals surface area contributed by atoms with E-state index in [-0.39, 0.29) is 0 Å². The van der Waals surface area contributed by atoms with E-state index in [1.54, 1.807) is 7.11 Å². The number of hydrogen-bond acceptors (Lipinski definition) is 2. The molecule has 21 heavy (non-hydrogen) atoms. The molecule has 1 N–H and O–H groups in total. The Morgan fingerprint density at radius 1 is 1.05 bits per heavy atom. The third kappa shape index (κ3) is 2.48. The van der Waals surface area contributed by atoms with Crippen molar-refractivity contribution in [3.8, 4) is 5.75 Å². The largest absolute Gasteiger partial charge is 0.497 e. The average Bonchev–Trinajstić information content (AvgIpc) is 2.50. The third-order valence-corrected chi connectivity index (χ3v) is 6.26. The van der Waals surface area contributed by atoms with Crippen LogP contribution in [0.1, 0.15) is 50.6 Å². The Balaban J connectivity index is 1.48. The molecule has 114 valence electrons. The summed E-state index contributed by atoms with van der Waals surface area (Å²) in [6.07, 6.45) is 7.46.